The van der Waals surface area contributed by atoms with Crippen LogP contribution in [0.2, 0.25) is 0 Å². The Hall–Kier alpha value is -3.30. The molecule has 1 aliphatic heterocycles. The van der Waals surface area contributed by atoms with Crippen LogP contribution in [0.4, 0.5) is 11.4 Å². The number of methoxy groups -OCH3 is 1. The molecule has 4 rings (SSSR count). The lowest BCUT2D eigenvalue weighted by Crippen LogP contribution is -2.35. The number of amidine groups is 1. The highest BCUT2D eigenvalue weighted by Gasteiger charge is 2.24. The van der Waals surface area contributed by atoms with Gasteiger partial charge in [0.15, 0.2) is 0 Å². The number of aryl methyl sites for hydroxylation is 1. The molecule has 1 saturated carbocycles. The lowest BCUT2D eigenvalue weighted by molar-refractivity contribution is 0.414. The summed E-state index contributed by atoms with van der Waals surface area (Å²) in [5, 5.41) is 3.13. The number of nitrogens with zero attached hydrogens (tertiary/aromatic N) is 2. The second-order valence-corrected chi connectivity index (χ2v) is 10.2. The number of nitrogens with two attached hydrogens (primary N) is 1. The van der Waals surface area contributed by atoms with Crippen LogP contribution >= 0.6 is 0 Å². The van der Waals surface area contributed by atoms with Crippen LogP contribution in [0.5, 0.6) is 5.75 Å². The molecule has 0 spiro atoms. The van der Waals surface area contributed by atoms with Gasteiger partial charge in [-0.05, 0) is 91.9 Å². The Balaban J connectivity index is 1.47. The van der Waals surface area contributed by atoms with Gasteiger partial charge in [0.2, 0.25) is 10.0 Å². The van der Waals surface area contributed by atoms with Crippen LogP contribution in [0.25, 0.3) is 0 Å². The van der Waals surface area contributed by atoms with E-state index in [-0.39, 0.29) is 4.90 Å². The lowest BCUT2D eigenvalue weighted by Gasteiger charge is -2.31. The zero-order valence-corrected chi connectivity index (χ0v) is 20.1. The average molecular weight is 482 g/mol. The molecule has 1 heterocycles. The van der Waals surface area contributed by atoms with Gasteiger partial charge in [0.05, 0.1) is 12.0 Å². The van der Waals surface area contributed by atoms with Gasteiger partial charge in [0.25, 0.3) is 0 Å². The summed E-state index contributed by atoms with van der Waals surface area (Å²) in [5.41, 5.74) is 8.65. The number of hydrogen-bond acceptors (Lipinski definition) is 6. The van der Waals surface area contributed by atoms with Gasteiger partial charge in [-0.2, -0.15) is 0 Å². The largest absolute Gasteiger partial charge is 0.497 e. The molecule has 2 aromatic carbocycles. The van der Waals surface area contributed by atoms with Gasteiger partial charge >= 0.3 is 0 Å². The molecule has 2 aromatic rings. The van der Waals surface area contributed by atoms with Crippen molar-refractivity contribution in [2.75, 3.05) is 30.4 Å². The predicted octanol–water partition coefficient (Wildman–Crippen LogP) is 3.59. The molecule has 180 valence electrons. The lowest BCUT2D eigenvalue weighted by atomic mass is 10.0. The number of nitrogens with one attached hydrogen (secondary N) is 2. The average Bonchev–Trinajstić information content (AvgIpc) is 3.67. The summed E-state index contributed by atoms with van der Waals surface area (Å²) in [5.74, 6) is 2.38. The summed E-state index contributed by atoms with van der Waals surface area (Å²) in [4.78, 5) is 7.00. The Morgan fingerprint density at radius 3 is 2.71 bits per heavy atom. The van der Waals surface area contributed by atoms with Crippen molar-refractivity contribution in [1.82, 2.24) is 4.72 Å². The topological polar surface area (TPSA) is 109 Å². The molecule has 1 fully saturated rings. The maximum absolute atomic E-state index is 12.4. The molecular formula is C25H31N5O3S. The van der Waals surface area contributed by atoms with E-state index in [1.54, 1.807) is 37.5 Å². The summed E-state index contributed by atoms with van der Waals surface area (Å²) in [6.07, 6.45) is 7.32. The second-order valence-electron chi connectivity index (χ2n) is 8.47. The first kappa shape index (κ1) is 23.8. The third-order valence-electron chi connectivity index (χ3n) is 5.89. The van der Waals surface area contributed by atoms with E-state index in [1.807, 2.05) is 18.2 Å². The highest BCUT2D eigenvalue weighted by molar-refractivity contribution is 7.89. The third-order valence-corrected chi connectivity index (χ3v) is 7.33. The standard InChI is InChI=1S/C25H31N5O3S/c1-18(28-21-7-10-23(11-8-21)34(31,32)27-17-19-5-6-19)29-25(13-14-26)30-15-3-4-20-16-22(33-2)9-12-24(20)30/h7-14,16,19,27-28H,1,3-6,15,17,26H2,2H3/b14-13-,29-25+. The van der Waals surface area contributed by atoms with Crippen LogP contribution in [0, 0.1) is 5.92 Å². The minimum absolute atomic E-state index is 0.236. The minimum Gasteiger partial charge on any atom is -0.497 e. The zero-order chi connectivity index (χ0) is 24.1. The van der Waals surface area contributed by atoms with Crippen LogP contribution in [-0.4, -0.2) is 34.5 Å². The van der Waals surface area contributed by atoms with E-state index in [9.17, 15) is 8.42 Å². The Morgan fingerprint density at radius 1 is 1.26 bits per heavy atom. The quantitative estimate of drug-likeness (QED) is 0.373. The van der Waals surface area contributed by atoms with Crippen LogP contribution < -0.4 is 25.4 Å². The molecule has 0 saturated heterocycles. The van der Waals surface area contributed by atoms with E-state index in [0.29, 0.717) is 29.8 Å². The van der Waals surface area contributed by atoms with Crippen LogP contribution in [0.1, 0.15) is 24.8 Å². The number of hydrogen-bond donors (Lipinski definition) is 3. The number of ether oxygens (including phenoxy) is 1. The molecule has 0 amide bonds. The van der Waals surface area contributed by atoms with Crippen molar-refractivity contribution in [3.05, 3.63) is 72.7 Å². The Labute approximate surface area is 201 Å². The molecule has 0 radical (unpaired) electrons. The molecule has 1 aliphatic carbocycles. The summed E-state index contributed by atoms with van der Waals surface area (Å²) in [6.45, 7) is 5.33. The molecule has 4 N–H and O–H groups in total. The van der Waals surface area contributed by atoms with Crippen LogP contribution in [0.3, 0.4) is 0 Å². The fourth-order valence-corrected chi connectivity index (χ4v) is 5.01. The SMILES string of the molecule is C=C(/N=C(\C=C/N)N1CCCc2cc(OC)ccc21)Nc1ccc(S(=O)(=O)NCC2CC2)cc1. The zero-order valence-electron chi connectivity index (χ0n) is 19.3. The summed E-state index contributed by atoms with van der Waals surface area (Å²) in [7, 11) is -1.84. The molecule has 0 atom stereocenters. The van der Waals surface area contributed by atoms with E-state index in [0.717, 1.165) is 43.7 Å². The van der Waals surface area contributed by atoms with Crippen molar-refractivity contribution >= 4 is 27.2 Å². The van der Waals surface area contributed by atoms with Gasteiger partial charge in [0.1, 0.15) is 17.4 Å². The van der Waals surface area contributed by atoms with Crippen molar-refractivity contribution < 1.29 is 13.2 Å². The Bertz CT molecular complexity index is 1200. The van der Waals surface area contributed by atoms with E-state index < -0.39 is 10.0 Å². The third kappa shape index (κ3) is 5.78. The summed E-state index contributed by atoms with van der Waals surface area (Å²) in [6, 6.07) is 12.6. The van der Waals surface area contributed by atoms with E-state index in [2.05, 4.69) is 26.5 Å². The fourth-order valence-electron chi connectivity index (χ4n) is 3.90. The number of aliphatic imine (C=N–C) groups is 1. The molecule has 9 heteroatoms. The molecule has 0 bridgehead atoms. The van der Waals surface area contributed by atoms with Gasteiger partial charge in [0, 0.05) is 24.5 Å². The van der Waals surface area contributed by atoms with Crippen molar-refractivity contribution in [3.63, 3.8) is 0 Å². The monoisotopic (exact) mass is 481 g/mol. The van der Waals surface area contributed by atoms with Crippen molar-refractivity contribution in [3.8, 4) is 5.75 Å². The van der Waals surface area contributed by atoms with Gasteiger partial charge in [-0.3, -0.25) is 0 Å². The van der Waals surface area contributed by atoms with E-state index in [4.69, 9.17) is 10.5 Å². The van der Waals surface area contributed by atoms with Crippen LogP contribution in [0.15, 0.2) is 77.0 Å². The number of fused-ring (bicyclic) bond motifs is 1. The van der Waals surface area contributed by atoms with E-state index >= 15 is 0 Å². The Kier molecular flexibility index (Phi) is 7.23. The van der Waals surface area contributed by atoms with Crippen molar-refractivity contribution in [2.24, 2.45) is 16.6 Å². The van der Waals surface area contributed by atoms with Gasteiger partial charge in [-0.25, -0.2) is 18.1 Å². The molecule has 0 aromatic heterocycles. The van der Waals surface area contributed by atoms with Gasteiger partial charge in [-0.1, -0.05) is 6.58 Å². The van der Waals surface area contributed by atoms with Crippen LogP contribution in [-0.2, 0) is 16.4 Å². The molecule has 8 nitrogen and oxygen atoms in total. The molecule has 0 unspecified atom stereocenters. The minimum atomic E-state index is -3.50. The van der Waals surface area contributed by atoms with Gasteiger partial charge < -0.3 is 20.7 Å². The second kappa shape index (κ2) is 10.3. The molecule has 2 aliphatic rings. The number of benzene rings is 2. The number of sulfonamides is 1. The first-order valence-electron chi connectivity index (χ1n) is 11.4. The first-order valence-corrected chi connectivity index (χ1v) is 12.8. The number of rotatable bonds is 9. The fraction of sp³-hybridized carbons (Fsp3) is 0.320. The summed E-state index contributed by atoms with van der Waals surface area (Å²) >= 11 is 0. The maximum atomic E-state index is 12.4. The smallest absolute Gasteiger partial charge is 0.240 e. The highest BCUT2D eigenvalue weighted by atomic mass is 32.2. The van der Waals surface area contributed by atoms with Gasteiger partial charge in [-0.15, -0.1) is 0 Å². The predicted molar refractivity (Wildman–Crippen MR) is 137 cm³/mol. The normalized spacial score (nSPS) is 16.4. The highest BCUT2D eigenvalue weighted by Crippen LogP contribution is 2.31. The van der Waals surface area contributed by atoms with E-state index in [1.165, 1.54) is 11.8 Å². The Morgan fingerprint density at radius 2 is 2.03 bits per heavy atom. The number of anilines is 2. The maximum Gasteiger partial charge on any atom is 0.240 e. The first-order chi connectivity index (χ1) is 16.4. The molecular weight excluding hydrogens is 450 g/mol. The van der Waals surface area contributed by atoms with Crippen molar-refractivity contribution in [2.45, 2.75) is 30.6 Å². The summed E-state index contributed by atoms with van der Waals surface area (Å²) < 4.78 is 32.9. The molecule has 34 heavy (non-hydrogen) atoms. The van der Waals surface area contributed by atoms with Crippen molar-refractivity contribution in [1.29, 1.82) is 0 Å².